The third-order valence-corrected chi connectivity index (χ3v) is 1.23. The lowest BCUT2D eigenvalue weighted by atomic mass is 10.5. The number of aliphatic hydroxyl groups is 1. The summed E-state index contributed by atoms with van der Waals surface area (Å²) in [5.74, 6) is -1.85. The molecule has 4 amide bonds. The van der Waals surface area contributed by atoms with E-state index in [0.29, 0.717) is 4.90 Å². The SMILES string of the molecule is O=C1NC(=O)N(CCO)C1=O. The molecule has 2 N–H and O–H groups in total. The molecule has 0 aromatic heterocycles. The topological polar surface area (TPSA) is 86.7 Å². The average molecular weight is 158 g/mol. The van der Waals surface area contributed by atoms with Crippen LogP contribution in [0.15, 0.2) is 0 Å². The van der Waals surface area contributed by atoms with Crippen LogP contribution in [0.5, 0.6) is 0 Å². The van der Waals surface area contributed by atoms with E-state index < -0.39 is 17.8 Å². The van der Waals surface area contributed by atoms with Crippen LogP contribution in [0.2, 0.25) is 0 Å². The predicted octanol–water partition coefficient (Wildman–Crippen LogP) is -1.94. The van der Waals surface area contributed by atoms with Crippen molar-refractivity contribution in [3.63, 3.8) is 0 Å². The van der Waals surface area contributed by atoms with E-state index in [0.717, 1.165) is 0 Å². The van der Waals surface area contributed by atoms with Crippen molar-refractivity contribution < 1.29 is 19.5 Å². The molecule has 1 saturated heterocycles. The van der Waals surface area contributed by atoms with Crippen LogP contribution in [0, 0.1) is 0 Å². The van der Waals surface area contributed by atoms with Crippen LogP contribution < -0.4 is 5.32 Å². The first kappa shape index (κ1) is 7.67. The molecule has 11 heavy (non-hydrogen) atoms. The summed E-state index contributed by atoms with van der Waals surface area (Å²) >= 11 is 0. The monoisotopic (exact) mass is 158 g/mol. The maximum absolute atomic E-state index is 10.7. The Morgan fingerprint density at radius 1 is 1.36 bits per heavy atom. The normalized spacial score (nSPS) is 17.5. The molecule has 0 bridgehead atoms. The van der Waals surface area contributed by atoms with Crippen LogP contribution in [0.1, 0.15) is 0 Å². The molecule has 0 aromatic carbocycles. The predicted molar refractivity (Wildman–Crippen MR) is 32.3 cm³/mol. The lowest BCUT2D eigenvalue weighted by Crippen LogP contribution is -2.33. The van der Waals surface area contributed by atoms with Crippen molar-refractivity contribution in [3.8, 4) is 0 Å². The molecule has 60 valence electrons. The van der Waals surface area contributed by atoms with Crippen LogP contribution in [0.4, 0.5) is 4.79 Å². The third kappa shape index (κ3) is 1.20. The Morgan fingerprint density at radius 2 is 2.00 bits per heavy atom. The minimum atomic E-state index is -0.941. The number of imide groups is 2. The van der Waals surface area contributed by atoms with Gasteiger partial charge in [0.2, 0.25) is 0 Å². The van der Waals surface area contributed by atoms with Crippen molar-refractivity contribution in [2.45, 2.75) is 0 Å². The summed E-state index contributed by atoms with van der Waals surface area (Å²) in [6.07, 6.45) is 0. The molecule has 0 spiro atoms. The zero-order valence-corrected chi connectivity index (χ0v) is 5.53. The van der Waals surface area contributed by atoms with Gasteiger partial charge in [0, 0.05) is 0 Å². The van der Waals surface area contributed by atoms with Gasteiger partial charge in [0.15, 0.2) is 0 Å². The highest BCUT2D eigenvalue weighted by Crippen LogP contribution is 1.98. The van der Waals surface area contributed by atoms with E-state index in [-0.39, 0.29) is 13.2 Å². The summed E-state index contributed by atoms with van der Waals surface area (Å²) in [4.78, 5) is 32.5. The minimum absolute atomic E-state index is 0.142. The summed E-state index contributed by atoms with van der Waals surface area (Å²) in [6, 6.07) is -0.769. The molecule has 0 radical (unpaired) electrons. The first-order chi connectivity index (χ1) is 5.16. The molecule has 1 aliphatic heterocycles. The zero-order chi connectivity index (χ0) is 8.43. The van der Waals surface area contributed by atoms with Gasteiger partial charge in [-0.3, -0.25) is 19.8 Å². The molecule has 1 rings (SSSR count). The van der Waals surface area contributed by atoms with Gasteiger partial charge in [0.1, 0.15) is 0 Å². The number of aliphatic hydroxyl groups excluding tert-OH is 1. The van der Waals surface area contributed by atoms with Gasteiger partial charge in [-0.2, -0.15) is 0 Å². The van der Waals surface area contributed by atoms with Gasteiger partial charge in [-0.05, 0) is 0 Å². The number of nitrogens with one attached hydrogen (secondary N) is 1. The van der Waals surface area contributed by atoms with Crippen LogP contribution in [-0.2, 0) is 9.59 Å². The van der Waals surface area contributed by atoms with Gasteiger partial charge in [-0.15, -0.1) is 0 Å². The van der Waals surface area contributed by atoms with Crippen LogP contribution in [0.25, 0.3) is 0 Å². The third-order valence-electron chi connectivity index (χ3n) is 1.23. The van der Waals surface area contributed by atoms with E-state index in [9.17, 15) is 14.4 Å². The van der Waals surface area contributed by atoms with Crippen molar-refractivity contribution in [1.29, 1.82) is 0 Å². The lowest BCUT2D eigenvalue weighted by Gasteiger charge is -2.06. The Labute approximate surface area is 61.8 Å². The largest absolute Gasteiger partial charge is 0.395 e. The molecule has 0 aromatic rings. The standard InChI is InChI=1S/C5H6N2O4/c8-2-1-7-4(10)3(9)6-5(7)11/h8H,1-2H2,(H,6,9,11). The molecule has 0 saturated carbocycles. The van der Waals surface area contributed by atoms with Crippen LogP contribution in [-0.4, -0.2) is 41.0 Å². The van der Waals surface area contributed by atoms with E-state index in [4.69, 9.17) is 5.11 Å². The van der Waals surface area contributed by atoms with Crippen LogP contribution in [0.3, 0.4) is 0 Å². The number of nitrogens with zero attached hydrogens (tertiary/aromatic N) is 1. The fraction of sp³-hybridized carbons (Fsp3) is 0.400. The number of amides is 4. The fourth-order valence-electron chi connectivity index (χ4n) is 0.736. The van der Waals surface area contributed by atoms with E-state index in [1.54, 1.807) is 5.32 Å². The first-order valence-corrected chi connectivity index (χ1v) is 2.94. The number of hydrogen-bond donors (Lipinski definition) is 2. The number of carbonyl (C=O) groups excluding carboxylic acids is 3. The molecule has 0 atom stereocenters. The zero-order valence-electron chi connectivity index (χ0n) is 5.53. The van der Waals surface area contributed by atoms with Crippen molar-refractivity contribution in [3.05, 3.63) is 0 Å². The second-order valence-electron chi connectivity index (χ2n) is 1.94. The average Bonchev–Trinajstić information content (AvgIpc) is 2.17. The number of rotatable bonds is 2. The second-order valence-corrected chi connectivity index (χ2v) is 1.94. The van der Waals surface area contributed by atoms with Gasteiger partial charge in [-0.25, -0.2) is 4.79 Å². The van der Waals surface area contributed by atoms with Gasteiger partial charge in [-0.1, -0.05) is 0 Å². The summed E-state index contributed by atoms with van der Waals surface area (Å²) in [5.41, 5.74) is 0. The molecule has 6 nitrogen and oxygen atoms in total. The summed E-state index contributed by atoms with van der Waals surface area (Å²) in [6.45, 7) is -0.483. The van der Waals surface area contributed by atoms with Crippen LogP contribution >= 0.6 is 0 Å². The summed E-state index contributed by atoms with van der Waals surface area (Å²) < 4.78 is 0. The van der Waals surface area contributed by atoms with E-state index >= 15 is 0 Å². The Bertz CT molecular complexity index is 225. The highest BCUT2D eigenvalue weighted by molar-refractivity contribution is 6.44. The number of β-amino-alcohol motifs (C(OH)–C–C–N with tert-alkyl or cyclic N) is 1. The fourth-order valence-corrected chi connectivity index (χ4v) is 0.736. The lowest BCUT2D eigenvalue weighted by molar-refractivity contribution is -0.140. The molecule has 1 fully saturated rings. The summed E-state index contributed by atoms with van der Waals surface area (Å²) in [5, 5.41) is 10.2. The molecule has 1 aliphatic rings. The van der Waals surface area contributed by atoms with Gasteiger partial charge < -0.3 is 5.11 Å². The highest BCUT2D eigenvalue weighted by Gasteiger charge is 2.35. The number of hydrogen-bond acceptors (Lipinski definition) is 4. The number of carbonyl (C=O) groups is 3. The Morgan fingerprint density at radius 3 is 2.36 bits per heavy atom. The Balaban J connectivity index is 2.71. The number of urea groups is 1. The van der Waals surface area contributed by atoms with Crippen molar-refractivity contribution in [2.24, 2.45) is 0 Å². The maximum atomic E-state index is 10.7. The van der Waals surface area contributed by atoms with Crippen molar-refractivity contribution in [2.75, 3.05) is 13.2 Å². The van der Waals surface area contributed by atoms with Gasteiger partial charge >= 0.3 is 17.8 Å². The second kappa shape index (κ2) is 2.67. The molecule has 1 heterocycles. The van der Waals surface area contributed by atoms with Crippen molar-refractivity contribution >= 4 is 17.8 Å². The maximum Gasteiger partial charge on any atom is 0.331 e. The molecule has 0 unspecified atom stereocenters. The molecular weight excluding hydrogens is 152 g/mol. The molecular formula is C5H6N2O4. The Kier molecular flexibility index (Phi) is 1.86. The molecule has 6 heteroatoms. The van der Waals surface area contributed by atoms with E-state index in [1.165, 1.54) is 0 Å². The highest BCUT2D eigenvalue weighted by atomic mass is 16.3. The Hall–Kier alpha value is -1.43. The minimum Gasteiger partial charge on any atom is -0.395 e. The molecule has 0 aliphatic carbocycles. The van der Waals surface area contributed by atoms with E-state index in [2.05, 4.69) is 0 Å². The summed E-state index contributed by atoms with van der Waals surface area (Å²) in [7, 11) is 0. The smallest absolute Gasteiger partial charge is 0.331 e. The van der Waals surface area contributed by atoms with E-state index in [1.807, 2.05) is 0 Å². The van der Waals surface area contributed by atoms with Crippen molar-refractivity contribution in [1.82, 2.24) is 10.2 Å². The van der Waals surface area contributed by atoms with Gasteiger partial charge in [0.25, 0.3) is 0 Å². The quantitative estimate of drug-likeness (QED) is 0.361. The van der Waals surface area contributed by atoms with Gasteiger partial charge in [0.05, 0.1) is 13.2 Å². The first-order valence-electron chi connectivity index (χ1n) is 2.94.